The molecular weight excluding hydrogens is 310 g/mol. The van der Waals surface area contributed by atoms with E-state index in [1.54, 1.807) is 8.61 Å². The standard InChI is InChI=1S/C17H27N3O2S/c18-12-16-13-20(14-17(16)15-8-4-3-5-9-15)23(21,22)19-10-6-1-2-7-11-19/h3-5,8-9,16-17H,1-2,6-7,10-14,18H2/t16-,17+/m1/s1. The van der Waals surface area contributed by atoms with Crippen LogP contribution in [0, 0.1) is 5.92 Å². The molecular formula is C17H27N3O2S. The van der Waals surface area contributed by atoms with Gasteiger partial charge in [0.05, 0.1) is 0 Å². The highest BCUT2D eigenvalue weighted by Gasteiger charge is 2.41. The van der Waals surface area contributed by atoms with Crippen LogP contribution in [0.3, 0.4) is 0 Å². The molecule has 2 aliphatic heterocycles. The summed E-state index contributed by atoms with van der Waals surface area (Å²) in [6.07, 6.45) is 4.19. The Balaban J connectivity index is 1.78. The summed E-state index contributed by atoms with van der Waals surface area (Å²) in [4.78, 5) is 0. The van der Waals surface area contributed by atoms with E-state index in [2.05, 4.69) is 12.1 Å². The van der Waals surface area contributed by atoms with Crippen molar-refractivity contribution >= 4 is 10.2 Å². The van der Waals surface area contributed by atoms with Crippen LogP contribution in [0.15, 0.2) is 30.3 Å². The van der Waals surface area contributed by atoms with Crippen molar-refractivity contribution in [2.45, 2.75) is 31.6 Å². The molecule has 0 aromatic heterocycles. The third-order valence-corrected chi connectivity index (χ3v) is 7.12. The maximum absolute atomic E-state index is 13.0. The fourth-order valence-electron chi connectivity index (χ4n) is 3.77. The van der Waals surface area contributed by atoms with Crippen LogP contribution in [0.4, 0.5) is 0 Å². The topological polar surface area (TPSA) is 66.6 Å². The molecule has 0 unspecified atom stereocenters. The maximum Gasteiger partial charge on any atom is 0.282 e. The Morgan fingerprint density at radius 3 is 2.22 bits per heavy atom. The first-order valence-corrected chi connectivity index (χ1v) is 10.0. The molecule has 1 aromatic rings. The molecule has 2 aliphatic rings. The van der Waals surface area contributed by atoms with Gasteiger partial charge >= 0.3 is 0 Å². The van der Waals surface area contributed by atoms with Crippen molar-refractivity contribution in [1.82, 2.24) is 8.61 Å². The minimum atomic E-state index is -3.36. The molecule has 2 fully saturated rings. The number of rotatable bonds is 4. The summed E-state index contributed by atoms with van der Waals surface area (Å²) in [5.74, 6) is 0.391. The van der Waals surface area contributed by atoms with Gasteiger partial charge in [0.2, 0.25) is 0 Å². The SMILES string of the molecule is NC[C@@H]1CN(S(=O)(=O)N2CCCCCC2)C[C@H]1c1ccccc1. The van der Waals surface area contributed by atoms with E-state index < -0.39 is 10.2 Å². The fraction of sp³-hybridized carbons (Fsp3) is 0.647. The van der Waals surface area contributed by atoms with Crippen LogP contribution in [-0.4, -0.2) is 49.8 Å². The lowest BCUT2D eigenvalue weighted by Crippen LogP contribution is -2.43. The minimum absolute atomic E-state index is 0.194. The van der Waals surface area contributed by atoms with E-state index in [1.165, 1.54) is 5.56 Å². The van der Waals surface area contributed by atoms with Gasteiger partial charge < -0.3 is 5.73 Å². The molecule has 5 nitrogen and oxygen atoms in total. The molecule has 2 heterocycles. The highest BCUT2D eigenvalue weighted by Crippen LogP contribution is 2.34. The molecule has 1 aromatic carbocycles. The lowest BCUT2D eigenvalue weighted by Gasteiger charge is -2.26. The van der Waals surface area contributed by atoms with Crippen LogP contribution in [0.25, 0.3) is 0 Å². The second kappa shape index (κ2) is 7.30. The van der Waals surface area contributed by atoms with Crippen molar-refractivity contribution in [2.75, 3.05) is 32.7 Å². The summed E-state index contributed by atoms with van der Waals surface area (Å²) in [6, 6.07) is 10.2. The van der Waals surface area contributed by atoms with Crippen LogP contribution in [-0.2, 0) is 10.2 Å². The van der Waals surface area contributed by atoms with Gasteiger partial charge in [0.15, 0.2) is 0 Å². The largest absolute Gasteiger partial charge is 0.330 e. The monoisotopic (exact) mass is 337 g/mol. The second-order valence-electron chi connectivity index (χ2n) is 6.65. The van der Waals surface area contributed by atoms with Crippen LogP contribution < -0.4 is 5.73 Å². The molecule has 0 radical (unpaired) electrons. The van der Waals surface area contributed by atoms with Gasteiger partial charge in [0.25, 0.3) is 10.2 Å². The smallest absolute Gasteiger partial charge is 0.282 e. The summed E-state index contributed by atoms with van der Waals surface area (Å²) < 4.78 is 29.3. The zero-order chi connectivity index (χ0) is 16.3. The first kappa shape index (κ1) is 16.9. The maximum atomic E-state index is 13.0. The van der Waals surface area contributed by atoms with Crippen molar-refractivity contribution in [3.05, 3.63) is 35.9 Å². The summed E-state index contributed by atoms with van der Waals surface area (Å²) >= 11 is 0. The van der Waals surface area contributed by atoms with Crippen LogP contribution in [0.5, 0.6) is 0 Å². The molecule has 0 aliphatic carbocycles. The average molecular weight is 337 g/mol. The summed E-state index contributed by atoms with van der Waals surface area (Å²) in [5.41, 5.74) is 7.13. The first-order valence-electron chi connectivity index (χ1n) is 8.63. The van der Waals surface area contributed by atoms with E-state index in [1.807, 2.05) is 18.2 Å². The molecule has 0 bridgehead atoms. The van der Waals surface area contributed by atoms with Gasteiger partial charge in [-0.1, -0.05) is 43.2 Å². The van der Waals surface area contributed by atoms with E-state index in [0.717, 1.165) is 25.7 Å². The Bertz CT molecular complexity index is 598. The van der Waals surface area contributed by atoms with Crippen molar-refractivity contribution < 1.29 is 8.42 Å². The molecule has 0 spiro atoms. The number of hydrogen-bond donors (Lipinski definition) is 1. The molecule has 2 atom stereocenters. The van der Waals surface area contributed by atoms with Crippen molar-refractivity contribution in [1.29, 1.82) is 0 Å². The summed E-state index contributed by atoms with van der Waals surface area (Å²) in [7, 11) is -3.36. The number of nitrogens with two attached hydrogens (primary N) is 1. The van der Waals surface area contributed by atoms with Gasteiger partial charge in [-0.05, 0) is 30.9 Å². The number of hydrogen-bond acceptors (Lipinski definition) is 3. The van der Waals surface area contributed by atoms with Crippen LogP contribution in [0.1, 0.15) is 37.2 Å². The van der Waals surface area contributed by atoms with E-state index in [9.17, 15) is 8.42 Å². The molecule has 2 saturated heterocycles. The third-order valence-electron chi connectivity index (χ3n) is 5.16. The van der Waals surface area contributed by atoms with Gasteiger partial charge in [-0.2, -0.15) is 17.0 Å². The van der Waals surface area contributed by atoms with Gasteiger partial charge in [0.1, 0.15) is 0 Å². The molecule has 128 valence electrons. The third kappa shape index (κ3) is 3.60. The Morgan fingerprint density at radius 2 is 1.61 bits per heavy atom. The van der Waals surface area contributed by atoms with Gasteiger partial charge in [-0.25, -0.2) is 0 Å². The Morgan fingerprint density at radius 1 is 0.957 bits per heavy atom. The molecule has 3 rings (SSSR count). The zero-order valence-electron chi connectivity index (χ0n) is 13.6. The predicted molar refractivity (Wildman–Crippen MR) is 92.3 cm³/mol. The molecule has 6 heteroatoms. The molecule has 0 saturated carbocycles. The zero-order valence-corrected chi connectivity index (χ0v) is 14.4. The lowest BCUT2D eigenvalue weighted by atomic mass is 9.89. The highest BCUT2D eigenvalue weighted by atomic mass is 32.2. The minimum Gasteiger partial charge on any atom is -0.330 e. The predicted octanol–water partition coefficient (Wildman–Crippen LogP) is 1.78. The van der Waals surface area contributed by atoms with Gasteiger partial charge in [-0.3, -0.25) is 0 Å². The van der Waals surface area contributed by atoms with Crippen molar-refractivity contribution in [3.63, 3.8) is 0 Å². The molecule has 2 N–H and O–H groups in total. The first-order chi connectivity index (χ1) is 11.1. The Hall–Kier alpha value is -0.950. The van der Waals surface area contributed by atoms with E-state index in [4.69, 9.17) is 5.73 Å². The van der Waals surface area contributed by atoms with E-state index >= 15 is 0 Å². The normalized spacial score (nSPS) is 27.9. The van der Waals surface area contributed by atoms with Crippen LogP contribution in [0.2, 0.25) is 0 Å². The van der Waals surface area contributed by atoms with Gasteiger partial charge in [-0.15, -0.1) is 0 Å². The highest BCUT2D eigenvalue weighted by molar-refractivity contribution is 7.86. The quantitative estimate of drug-likeness (QED) is 0.911. The lowest BCUT2D eigenvalue weighted by molar-refractivity contribution is 0.362. The Kier molecular flexibility index (Phi) is 5.36. The van der Waals surface area contributed by atoms with Gasteiger partial charge in [0, 0.05) is 32.1 Å². The second-order valence-corrected chi connectivity index (χ2v) is 8.58. The van der Waals surface area contributed by atoms with Crippen molar-refractivity contribution in [2.24, 2.45) is 11.7 Å². The average Bonchev–Trinajstić information content (AvgIpc) is 2.82. The molecule has 0 amide bonds. The Labute approximate surface area is 139 Å². The molecule has 23 heavy (non-hydrogen) atoms. The van der Waals surface area contributed by atoms with Crippen LogP contribution >= 0.6 is 0 Å². The number of benzene rings is 1. The van der Waals surface area contributed by atoms with Crippen molar-refractivity contribution in [3.8, 4) is 0 Å². The van der Waals surface area contributed by atoms with E-state index in [0.29, 0.717) is 32.7 Å². The number of nitrogens with zero attached hydrogens (tertiary/aromatic N) is 2. The summed E-state index contributed by atoms with van der Waals surface area (Å²) in [6.45, 7) is 2.91. The van der Waals surface area contributed by atoms with E-state index in [-0.39, 0.29) is 11.8 Å². The summed E-state index contributed by atoms with van der Waals surface area (Å²) in [5, 5.41) is 0. The fourth-order valence-corrected chi connectivity index (χ4v) is 5.55.